The van der Waals surface area contributed by atoms with Gasteiger partial charge in [-0.25, -0.2) is 8.78 Å². The van der Waals surface area contributed by atoms with Crippen molar-refractivity contribution in [3.8, 4) is 0 Å². The van der Waals surface area contributed by atoms with Crippen molar-refractivity contribution in [2.75, 3.05) is 24.3 Å². The number of anilines is 2. The molecule has 0 saturated carbocycles. The molecule has 0 fully saturated rings. The molecule has 0 amide bonds. The molecular weight excluding hydrogens is 390 g/mol. The van der Waals surface area contributed by atoms with E-state index in [1.807, 2.05) is 60.3 Å². The number of nitrogens with one attached hydrogen (secondary N) is 1. The summed E-state index contributed by atoms with van der Waals surface area (Å²) in [6.07, 6.45) is 3.47. The first-order chi connectivity index (χ1) is 13.9. The molecular formula is C22H22F2N4S. The van der Waals surface area contributed by atoms with Crippen molar-refractivity contribution in [2.45, 2.75) is 13.1 Å². The quantitative estimate of drug-likeness (QED) is 0.587. The Morgan fingerprint density at radius 1 is 1.00 bits per heavy atom. The molecule has 0 spiro atoms. The predicted molar refractivity (Wildman–Crippen MR) is 117 cm³/mol. The molecule has 3 rings (SSSR count). The molecule has 1 N–H and O–H groups in total. The van der Waals surface area contributed by atoms with E-state index in [1.165, 1.54) is 12.1 Å². The summed E-state index contributed by atoms with van der Waals surface area (Å²) < 4.78 is 27.2. The largest absolute Gasteiger partial charge is 0.378 e. The highest BCUT2D eigenvalue weighted by molar-refractivity contribution is 7.80. The van der Waals surface area contributed by atoms with Gasteiger partial charge in [0.2, 0.25) is 0 Å². The standard InChI is InChI=1S/C22H22F2N4S/c1-27(2)19-8-5-16(6-9-19)14-28(15-17-4-3-11-25-13-17)22(29)26-21-10-7-18(23)12-20(21)24/h3-13H,14-15H2,1-2H3,(H,26,29). The number of rotatable bonds is 6. The molecule has 0 saturated heterocycles. The maximum Gasteiger partial charge on any atom is 0.174 e. The molecule has 29 heavy (non-hydrogen) atoms. The van der Waals surface area contributed by atoms with Crippen molar-refractivity contribution in [1.82, 2.24) is 9.88 Å². The third-order valence-electron chi connectivity index (χ3n) is 4.38. The van der Waals surface area contributed by atoms with Crippen LogP contribution in [0.2, 0.25) is 0 Å². The van der Waals surface area contributed by atoms with E-state index in [9.17, 15) is 8.78 Å². The Labute approximate surface area is 174 Å². The average Bonchev–Trinajstić information content (AvgIpc) is 2.70. The first kappa shape index (κ1) is 20.7. The van der Waals surface area contributed by atoms with Crippen LogP contribution in [0, 0.1) is 11.6 Å². The lowest BCUT2D eigenvalue weighted by Gasteiger charge is -2.26. The molecule has 0 unspecified atom stereocenters. The molecule has 0 bridgehead atoms. The molecule has 150 valence electrons. The topological polar surface area (TPSA) is 31.4 Å². The minimum absolute atomic E-state index is 0.135. The second-order valence-electron chi connectivity index (χ2n) is 6.83. The zero-order valence-corrected chi connectivity index (χ0v) is 17.1. The molecule has 0 aliphatic rings. The van der Waals surface area contributed by atoms with Crippen molar-refractivity contribution < 1.29 is 8.78 Å². The third-order valence-corrected chi connectivity index (χ3v) is 4.74. The van der Waals surface area contributed by atoms with Gasteiger partial charge in [-0.05, 0) is 53.7 Å². The molecule has 3 aromatic rings. The second kappa shape index (κ2) is 9.43. The lowest BCUT2D eigenvalue weighted by Crippen LogP contribution is -2.34. The zero-order valence-electron chi connectivity index (χ0n) is 16.3. The molecule has 0 radical (unpaired) electrons. The number of thiocarbonyl (C=S) groups is 1. The first-order valence-electron chi connectivity index (χ1n) is 9.08. The average molecular weight is 413 g/mol. The SMILES string of the molecule is CN(C)c1ccc(CN(Cc2cccnc2)C(=S)Nc2ccc(F)cc2F)cc1. The van der Waals surface area contributed by atoms with E-state index < -0.39 is 11.6 Å². The smallest absolute Gasteiger partial charge is 0.174 e. The van der Waals surface area contributed by atoms with Gasteiger partial charge in [0, 0.05) is 51.3 Å². The number of benzene rings is 2. The summed E-state index contributed by atoms with van der Waals surface area (Å²) in [6, 6.07) is 15.3. The third kappa shape index (κ3) is 5.71. The van der Waals surface area contributed by atoms with Crippen molar-refractivity contribution in [2.24, 2.45) is 0 Å². The van der Waals surface area contributed by atoms with Crippen LogP contribution in [-0.4, -0.2) is 29.1 Å². The van der Waals surface area contributed by atoms with Crippen molar-refractivity contribution >= 4 is 28.7 Å². The van der Waals surface area contributed by atoms with E-state index in [-0.39, 0.29) is 5.69 Å². The van der Waals surface area contributed by atoms with Gasteiger partial charge >= 0.3 is 0 Å². The number of aromatic nitrogens is 1. The van der Waals surface area contributed by atoms with E-state index in [4.69, 9.17) is 12.2 Å². The van der Waals surface area contributed by atoms with Gasteiger partial charge in [0.15, 0.2) is 5.11 Å². The lowest BCUT2D eigenvalue weighted by molar-refractivity contribution is 0.412. The number of pyridine rings is 1. The maximum absolute atomic E-state index is 14.1. The molecule has 0 aliphatic carbocycles. The second-order valence-corrected chi connectivity index (χ2v) is 7.22. The van der Waals surface area contributed by atoms with Crippen LogP contribution in [0.3, 0.4) is 0 Å². The highest BCUT2D eigenvalue weighted by Gasteiger charge is 2.14. The van der Waals surface area contributed by atoms with Crippen LogP contribution >= 0.6 is 12.2 Å². The fourth-order valence-electron chi connectivity index (χ4n) is 2.82. The molecule has 7 heteroatoms. The Morgan fingerprint density at radius 3 is 2.34 bits per heavy atom. The fourth-order valence-corrected chi connectivity index (χ4v) is 3.06. The van der Waals surface area contributed by atoms with Crippen LogP contribution in [0.15, 0.2) is 67.0 Å². The molecule has 4 nitrogen and oxygen atoms in total. The van der Waals surface area contributed by atoms with E-state index in [0.29, 0.717) is 18.2 Å². The fraction of sp³-hybridized carbons (Fsp3) is 0.182. The van der Waals surface area contributed by atoms with Crippen LogP contribution in [0.1, 0.15) is 11.1 Å². The van der Waals surface area contributed by atoms with Gasteiger partial charge in [0.1, 0.15) is 11.6 Å². The number of hydrogen-bond acceptors (Lipinski definition) is 3. The van der Waals surface area contributed by atoms with E-state index in [0.717, 1.165) is 22.9 Å². The summed E-state index contributed by atoms with van der Waals surface area (Å²) in [5, 5.41) is 3.24. The van der Waals surface area contributed by atoms with Crippen LogP contribution < -0.4 is 10.2 Å². The van der Waals surface area contributed by atoms with Gasteiger partial charge in [-0.15, -0.1) is 0 Å². The maximum atomic E-state index is 14.1. The van der Waals surface area contributed by atoms with Gasteiger partial charge in [-0.2, -0.15) is 0 Å². The van der Waals surface area contributed by atoms with Crippen molar-refractivity contribution in [3.05, 3.63) is 89.8 Å². The lowest BCUT2D eigenvalue weighted by atomic mass is 10.1. The molecule has 0 aliphatic heterocycles. The van der Waals surface area contributed by atoms with Crippen LogP contribution in [-0.2, 0) is 13.1 Å². The minimum atomic E-state index is -0.691. The summed E-state index contributed by atoms with van der Waals surface area (Å²) in [4.78, 5) is 8.09. The van der Waals surface area contributed by atoms with Gasteiger partial charge in [0.05, 0.1) is 5.69 Å². The summed E-state index contributed by atoms with van der Waals surface area (Å²) in [5.41, 5.74) is 3.27. The summed E-state index contributed by atoms with van der Waals surface area (Å²) in [7, 11) is 3.97. The Balaban J connectivity index is 1.80. The van der Waals surface area contributed by atoms with E-state index in [1.54, 1.807) is 12.4 Å². The number of hydrogen-bond donors (Lipinski definition) is 1. The van der Waals surface area contributed by atoms with Gasteiger partial charge in [0.25, 0.3) is 0 Å². The number of nitrogens with zero attached hydrogens (tertiary/aromatic N) is 3. The molecule has 2 aromatic carbocycles. The summed E-state index contributed by atoms with van der Waals surface area (Å²) in [6.45, 7) is 1.02. The Kier molecular flexibility index (Phi) is 6.72. The van der Waals surface area contributed by atoms with Crippen molar-refractivity contribution in [3.63, 3.8) is 0 Å². The normalized spacial score (nSPS) is 10.5. The van der Waals surface area contributed by atoms with Gasteiger partial charge in [-0.1, -0.05) is 18.2 Å². The monoisotopic (exact) mass is 412 g/mol. The summed E-state index contributed by atoms with van der Waals surface area (Å²) in [5.74, 6) is -1.32. The minimum Gasteiger partial charge on any atom is -0.378 e. The van der Waals surface area contributed by atoms with Gasteiger partial charge in [-0.3, -0.25) is 4.98 Å². The van der Waals surface area contributed by atoms with E-state index in [2.05, 4.69) is 10.3 Å². The highest BCUT2D eigenvalue weighted by atomic mass is 32.1. The Hall–Kier alpha value is -3.06. The highest BCUT2D eigenvalue weighted by Crippen LogP contribution is 2.19. The summed E-state index contributed by atoms with van der Waals surface area (Å²) >= 11 is 5.54. The first-order valence-corrected chi connectivity index (χ1v) is 9.49. The van der Waals surface area contributed by atoms with E-state index >= 15 is 0 Å². The Morgan fingerprint density at radius 2 is 1.72 bits per heavy atom. The molecule has 1 heterocycles. The predicted octanol–water partition coefficient (Wildman–Crippen LogP) is 4.83. The van der Waals surface area contributed by atoms with Gasteiger partial charge < -0.3 is 15.1 Å². The van der Waals surface area contributed by atoms with Crippen LogP contribution in [0.5, 0.6) is 0 Å². The van der Waals surface area contributed by atoms with Crippen molar-refractivity contribution in [1.29, 1.82) is 0 Å². The molecule has 1 aromatic heterocycles. The zero-order chi connectivity index (χ0) is 20.8. The Bertz CT molecular complexity index is 962. The number of halogens is 2. The van der Waals surface area contributed by atoms with Crippen LogP contribution in [0.4, 0.5) is 20.2 Å². The molecule has 0 atom stereocenters. The van der Waals surface area contributed by atoms with Crippen LogP contribution in [0.25, 0.3) is 0 Å².